The molecule has 0 saturated carbocycles. The first-order valence-electron chi connectivity index (χ1n) is 5.02. The normalized spacial score (nSPS) is 19.2. The molecule has 0 saturated heterocycles. The lowest BCUT2D eigenvalue weighted by atomic mass is 10.9. The summed E-state index contributed by atoms with van der Waals surface area (Å²) in [5.74, 6) is 0. The third kappa shape index (κ3) is 5.01. The molecule has 14 heavy (non-hydrogen) atoms. The molecular weight excluding hydrogens is 251 g/mol. The van der Waals surface area contributed by atoms with Crippen molar-refractivity contribution >= 4 is 33.0 Å². The quantitative estimate of drug-likeness (QED) is 0.442. The molecular formula is C6H21O4PSi3. The molecule has 0 fully saturated rings. The van der Waals surface area contributed by atoms with Gasteiger partial charge < -0.3 is 14.6 Å². The zero-order valence-corrected chi connectivity index (χ0v) is 14.2. The Morgan fingerprint density at radius 3 is 2.21 bits per heavy atom. The van der Waals surface area contributed by atoms with Crippen LogP contribution < -0.4 is 0 Å². The molecule has 0 aromatic heterocycles. The van der Waals surface area contributed by atoms with E-state index < -0.39 is 23.3 Å². The van der Waals surface area contributed by atoms with Crippen molar-refractivity contribution in [1.29, 1.82) is 0 Å². The second-order valence-electron chi connectivity index (χ2n) is 3.90. The number of hydrogen-bond donors (Lipinski definition) is 3. The van der Waals surface area contributed by atoms with Gasteiger partial charge in [0.1, 0.15) is 0 Å². The molecule has 3 N–H and O–H groups in total. The van der Waals surface area contributed by atoms with Gasteiger partial charge in [-0.2, -0.15) is 0 Å². The van der Waals surface area contributed by atoms with Crippen LogP contribution in [0.2, 0.25) is 18.1 Å². The first kappa shape index (κ1) is 14.8. The SMILES string of the molecule is CC[SiH]([SiH3])[Si](O)(CC)CCP(=O)(O)O. The molecule has 0 aliphatic carbocycles. The summed E-state index contributed by atoms with van der Waals surface area (Å²) in [5, 5.41) is 0. The number of hydrogen-bond acceptors (Lipinski definition) is 2. The summed E-state index contributed by atoms with van der Waals surface area (Å²) < 4.78 is 10.7. The van der Waals surface area contributed by atoms with Crippen molar-refractivity contribution in [2.45, 2.75) is 32.0 Å². The van der Waals surface area contributed by atoms with Crippen LogP contribution in [0.15, 0.2) is 0 Å². The van der Waals surface area contributed by atoms with Crippen molar-refractivity contribution in [3.63, 3.8) is 0 Å². The predicted octanol–water partition coefficient (Wildman–Crippen LogP) is -0.691. The maximum Gasteiger partial charge on any atom is 0.325 e. The Bertz CT molecular complexity index is 221. The smallest absolute Gasteiger partial charge is 0.325 e. The van der Waals surface area contributed by atoms with Gasteiger partial charge in [0.25, 0.3) is 0 Å². The van der Waals surface area contributed by atoms with Gasteiger partial charge >= 0.3 is 7.60 Å². The lowest BCUT2D eigenvalue weighted by molar-refractivity contribution is 0.373. The second kappa shape index (κ2) is 5.74. The topological polar surface area (TPSA) is 77.8 Å². The molecule has 2 unspecified atom stereocenters. The molecule has 86 valence electrons. The molecule has 0 heterocycles. The van der Waals surface area contributed by atoms with Crippen molar-refractivity contribution in [3.05, 3.63) is 0 Å². The van der Waals surface area contributed by atoms with Crippen LogP contribution in [0.5, 0.6) is 0 Å². The standard InChI is InChI=1S/C6H21O4PSi3/c1-3-13(12)14(10,4-2)6-5-11(7,8)9/h10,13H,3-6H2,1-2,12H3,(H2,7,8,9). The summed E-state index contributed by atoms with van der Waals surface area (Å²) in [6.45, 7) is 4.05. The summed E-state index contributed by atoms with van der Waals surface area (Å²) >= 11 is 0. The molecule has 0 spiro atoms. The zero-order valence-electron chi connectivity index (χ0n) is 9.10. The van der Waals surface area contributed by atoms with E-state index in [1.165, 1.54) is 0 Å². The first-order valence-corrected chi connectivity index (χ1v) is 16.4. The van der Waals surface area contributed by atoms with Gasteiger partial charge in [0.15, 0.2) is 7.83 Å². The Hall–Kier alpha value is 0.761. The van der Waals surface area contributed by atoms with Crippen molar-refractivity contribution in [3.8, 4) is 0 Å². The summed E-state index contributed by atoms with van der Waals surface area (Å²) in [6, 6.07) is 2.24. The lowest BCUT2D eigenvalue weighted by Crippen LogP contribution is -2.51. The molecule has 0 amide bonds. The molecule has 0 aliphatic rings. The molecule has 0 aliphatic heterocycles. The van der Waals surface area contributed by atoms with E-state index in [1.807, 2.05) is 6.92 Å². The summed E-state index contributed by atoms with van der Waals surface area (Å²) in [4.78, 5) is 27.9. The van der Waals surface area contributed by atoms with Gasteiger partial charge in [0.05, 0.1) is 0 Å². The Morgan fingerprint density at radius 1 is 1.43 bits per heavy atom. The molecule has 0 radical (unpaired) electrons. The Balaban J connectivity index is 4.34. The van der Waals surface area contributed by atoms with Crippen molar-refractivity contribution < 1.29 is 19.1 Å². The first-order chi connectivity index (χ1) is 6.25. The minimum absolute atomic E-state index is 0.116. The summed E-state index contributed by atoms with van der Waals surface area (Å²) in [6.07, 6.45) is -0.116. The van der Waals surface area contributed by atoms with Gasteiger partial charge in [-0.3, -0.25) is 4.57 Å². The molecule has 8 heteroatoms. The van der Waals surface area contributed by atoms with Gasteiger partial charge in [-0.05, 0) is 21.8 Å². The van der Waals surface area contributed by atoms with Gasteiger partial charge in [0.2, 0.25) is 0 Å². The van der Waals surface area contributed by atoms with E-state index in [1.54, 1.807) is 0 Å². The minimum atomic E-state index is -3.91. The van der Waals surface area contributed by atoms with Gasteiger partial charge in [-0.1, -0.05) is 19.9 Å². The van der Waals surface area contributed by atoms with Crippen LogP contribution in [0.3, 0.4) is 0 Å². The highest BCUT2D eigenvalue weighted by Gasteiger charge is 2.36. The van der Waals surface area contributed by atoms with E-state index in [9.17, 15) is 9.36 Å². The Morgan fingerprint density at radius 2 is 1.93 bits per heavy atom. The fourth-order valence-electron chi connectivity index (χ4n) is 1.49. The van der Waals surface area contributed by atoms with E-state index in [-0.39, 0.29) is 6.16 Å². The molecule has 0 bridgehead atoms. The average Bonchev–Trinajstić information content (AvgIpc) is 2.11. The third-order valence-electron chi connectivity index (χ3n) is 2.98. The molecule has 0 aromatic carbocycles. The third-order valence-corrected chi connectivity index (χ3v) is 30.5. The van der Waals surface area contributed by atoms with Crippen LogP contribution in [-0.4, -0.2) is 46.2 Å². The van der Waals surface area contributed by atoms with Crippen LogP contribution in [0.1, 0.15) is 13.8 Å². The van der Waals surface area contributed by atoms with Gasteiger partial charge in [-0.25, -0.2) is 0 Å². The van der Waals surface area contributed by atoms with Crippen molar-refractivity contribution in [1.82, 2.24) is 0 Å². The highest BCUT2D eigenvalue weighted by atomic mass is 31.2. The van der Waals surface area contributed by atoms with Crippen LogP contribution >= 0.6 is 7.60 Å². The van der Waals surface area contributed by atoms with Gasteiger partial charge in [-0.15, -0.1) is 0 Å². The molecule has 2 atom stereocenters. The van der Waals surface area contributed by atoms with E-state index in [2.05, 4.69) is 6.92 Å². The van der Waals surface area contributed by atoms with Crippen molar-refractivity contribution in [2.24, 2.45) is 0 Å². The van der Waals surface area contributed by atoms with Crippen LogP contribution in [-0.2, 0) is 4.57 Å². The Labute approximate surface area is 90.6 Å². The van der Waals surface area contributed by atoms with E-state index >= 15 is 0 Å². The average molecular weight is 272 g/mol. The lowest BCUT2D eigenvalue weighted by Gasteiger charge is -2.29. The number of rotatable bonds is 6. The fourth-order valence-corrected chi connectivity index (χ4v) is 19.8. The maximum absolute atomic E-state index is 10.7. The zero-order chi connectivity index (χ0) is 11.4. The van der Waals surface area contributed by atoms with E-state index in [0.717, 1.165) is 21.8 Å². The largest absolute Gasteiger partial charge is 0.435 e. The minimum Gasteiger partial charge on any atom is -0.435 e. The molecule has 0 rings (SSSR count). The summed E-state index contributed by atoms with van der Waals surface area (Å²) in [5.41, 5.74) is 0. The van der Waals surface area contributed by atoms with E-state index in [4.69, 9.17) is 9.79 Å². The van der Waals surface area contributed by atoms with Crippen LogP contribution in [0.25, 0.3) is 0 Å². The second-order valence-corrected chi connectivity index (χ2v) is 25.5. The van der Waals surface area contributed by atoms with Gasteiger partial charge in [0, 0.05) is 14.0 Å². The monoisotopic (exact) mass is 272 g/mol. The van der Waals surface area contributed by atoms with Crippen LogP contribution in [0.4, 0.5) is 0 Å². The Kier molecular flexibility index (Phi) is 6.05. The maximum atomic E-state index is 10.7. The molecule has 4 nitrogen and oxygen atoms in total. The highest BCUT2D eigenvalue weighted by Crippen LogP contribution is 2.37. The van der Waals surface area contributed by atoms with Crippen molar-refractivity contribution in [2.75, 3.05) is 6.16 Å². The van der Waals surface area contributed by atoms with Crippen LogP contribution in [0, 0.1) is 0 Å². The predicted molar refractivity (Wildman–Crippen MR) is 67.7 cm³/mol. The summed E-state index contributed by atoms with van der Waals surface area (Å²) in [7, 11) is -6.10. The highest BCUT2D eigenvalue weighted by molar-refractivity contribution is 7.53. The fraction of sp³-hybridized carbons (Fsp3) is 1.00. The molecule has 0 aromatic rings. The van der Waals surface area contributed by atoms with E-state index in [0.29, 0.717) is 6.04 Å².